The van der Waals surface area contributed by atoms with Gasteiger partial charge in [0.1, 0.15) is 5.58 Å². The third-order valence-corrected chi connectivity index (χ3v) is 5.54. The number of benzene rings is 2. The van der Waals surface area contributed by atoms with Crippen molar-refractivity contribution in [1.29, 1.82) is 0 Å². The van der Waals surface area contributed by atoms with Gasteiger partial charge in [-0.3, -0.25) is 0 Å². The Morgan fingerprint density at radius 2 is 1.92 bits per heavy atom. The predicted molar refractivity (Wildman–Crippen MR) is 102 cm³/mol. The van der Waals surface area contributed by atoms with E-state index < -0.39 is 15.5 Å². The van der Waals surface area contributed by atoms with Crippen molar-refractivity contribution < 1.29 is 12.8 Å². The number of sulfone groups is 1. The van der Waals surface area contributed by atoms with Gasteiger partial charge in [0, 0.05) is 22.2 Å². The monoisotopic (exact) mass is 432 g/mol. The summed E-state index contributed by atoms with van der Waals surface area (Å²) in [5.41, 5.74) is 1.88. The summed E-state index contributed by atoms with van der Waals surface area (Å²) >= 11 is 3.36. The molecule has 0 saturated carbocycles. The normalized spacial score (nSPS) is 12.1. The highest BCUT2D eigenvalue weighted by atomic mass is 79.9. The van der Waals surface area contributed by atoms with Crippen LogP contribution < -0.4 is 5.63 Å². The van der Waals surface area contributed by atoms with E-state index in [4.69, 9.17) is 4.42 Å². The van der Waals surface area contributed by atoms with Crippen molar-refractivity contribution in [3.05, 3.63) is 69.0 Å². The Labute approximate surface area is 157 Å². The average Bonchev–Trinajstić information content (AvgIpc) is 2.93. The number of aromatic nitrogens is 2. The van der Waals surface area contributed by atoms with Crippen LogP contribution in [0, 0.1) is 0 Å². The van der Waals surface area contributed by atoms with Gasteiger partial charge in [0.05, 0.1) is 17.6 Å². The summed E-state index contributed by atoms with van der Waals surface area (Å²) in [4.78, 5) is 16.2. The molecule has 132 valence electrons. The minimum atomic E-state index is -3.54. The van der Waals surface area contributed by atoms with Gasteiger partial charge >= 0.3 is 5.63 Å². The zero-order valence-corrected chi connectivity index (χ0v) is 16.0. The van der Waals surface area contributed by atoms with Gasteiger partial charge in [-0.25, -0.2) is 18.2 Å². The Morgan fingerprint density at radius 3 is 2.69 bits per heavy atom. The minimum absolute atomic E-state index is 0.0304. The van der Waals surface area contributed by atoms with Crippen molar-refractivity contribution in [3.63, 3.8) is 0 Å². The number of hydrogen-bond donors (Lipinski definition) is 0. The number of rotatable bonds is 3. The van der Waals surface area contributed by atoms with E-state index in [9.17, 15) is 13.2 Å². The molecular weight excluding hydrogens is 420 g/mol. The number of hydrogen-bond acceptors (Lipinski definition) is 5. The molecule has 4 aromatic rings. The van der Waals surface area contributed by atoms with E-state index in [2.05, 4.69) is 20.9 Å². The molecule has 2 aromatic heterocycles. The van der Waals surface area contributed by atoms with Crippen LogP contribution in [0.3, 0.4) is 0 Å². The molecule has 0 aliphatic carbocycles. The number of fused-ring (bicyclic) bond motifs is 2. The Hall–Kier alpha value is -2.45. The lowest BCUT2D eigenvalue weighted by atomic mass is 10.1. The molecule has 2 heterocycles. The standard InChI is InChI=1S/C18H13BrN2O4S/c1-26(23,24)18-20-14-4-2-3-5-15(14)21(18)10-11-8-17(22)25-16-9-12(19)6-7-13(11)16/h2-9H,10H2,1H3. The van der Waals surface area contributed by atoms with Crippen LogP contribution in [0.1, 0.15) is 5.56 Å². The lowest BCUT2D eigenvalue weighted by Crippen LogP contribution is -2.12. The second-order valence-corrected chi connectivity index (χ2v) is 8.80. The maximum atomic E-state index is 12.2. The number of nitrogens with zero attached hydrogens (tertiary/aromatic N) is 2. The van der Waals surface area contributed by atoms with Crippen LogP contribution in [0.25, 0.3) is 22.0 Å². The first-order valence-electron chi connectivity index (χ1n) is 7.70. The van der Waals surface area contributed by atoms with E-state index in [0.717, 1.165) is 16.1 Å². The maximum absolute atomic E-state index is 12.2. The van der Waals surface area contributed by atoms with Crippen molar-refractivity contribution in [3.8, 4) is 0 Å². The Morgan fingerprint density at radius 1 is 1.15 bits per heavy atom. The fraction of sp³-hybridized carbons (Fsp3) is 0.111. The van der Waals surface area contributed by atoms with Gasteiger partial charge in [0.2, 0.25) is 15.0 Å². The van der Waals surface area contributed by atoms with Crippen molar-refractivity contribution in [2.45, 2.75) is 11.7 Å². The molecule has 8 heteroatoms. The second-order valence-electron chi connectivity index (χ2n) is 5.97. The largest absolute Gasteiger partial charge is 0.423 e. The van der Waals surface area contributed by atoms with E-state index in [-0.39, 0.29) is 11.7 Å². The van der Waals surface area contributed by atoms with Gasteiger partial charge in [0.25, 0.3) is 0 Å². The van der Waals surface area contributed by atoms with Crippen LogP contribution in [0.4, 0.5) is 0 Å². The lowest BCUT2D eigenvalue weighted by Gasteiger charge is -2.10. The number of imidazole rings is 1. The van der Waals surface area contributed by atoms with Crippen LogP contribution in [0.5, 0.6) is 0 Å². The van der Waals surface area contributed by atoms with E-state index in [1.54, 1.807) is 28.8 Å². The molecule has 0 fully saturated rings. The summed E-state index contributed by atoms with van der Waals surface area (Å²) in [6.07, 6.45) is 1.12. The van der Waals surface area contributed by atoms with Gasteiger partial charge in [-0.05, 0) is 35.9 Å². The highest BCUT2D eigenvalue weighted by molar-refractivity contribution is 9.10. The molecule has 4 rings (SSSR count). The maximum Gasteiger partial charge on any atom is 0.336 e. The Bertz CT molecular complexity index is 1320. The van der Waals surface area contributed by atoms with Gasteiger partial charge in [-0.2, -0.15) is 0 Å². The minimum Gasteiger partial charge on any atom is -0.423 e. The molecule has 0 radical (unpaired) electrons. The predicted octanol–water partition coefficient (Wildman–Crippen LogP) is 3.36. The molecule has 0 aliphatic rings. The van der Waals surface area contributed by atoms with Crippen LogP contribution >= 0.6 is 15.9 Å². The lowest BCUT2D eigenvalue weighted by molar-refractivity contribution is 0.556. The molecule has 0 amide bonds. The second kappa shape index (κ2) is 6.07. The van der Waals surface area contributed by atoms with Gasteiger partial charge in [-0.1, -0.05) is 28.1 Å². The van der Waals surface area contributed by atoms with Crippen molar-refractivity contribution in [1.82, 2.24) is 9.55 Å². The summed E-state index contributed by atoms with van der Waals surface area (Å²) < 4.78 is 32.1. The molecule has 0 spiro atoms. The molecule has 0 N–H and O–H groups in total. The molecule has 0 aliphatic heterocycles. The number of para-hydroxylation sites is 2. The zero-order chi connectivity index (χ0) is 18.5. The third-order valence-electron chi connectivity index (χ3n) is 4.07. The molecule has 26 heavy (non-hydrogen) atoms. The van der Waals surface area contributed by atoms with Crippen LogP contribution in [-0.2, 0) is 16.4 Å². The molecule has 0 bridgehead atoms. The third kappa shape index (κ3) is 2.95. The summed E-state index contributed by atoms with van der Waals surface area (Å²) in [5.74, 6) is 0. The summed E-state index contributed by atoms with van der Waals surface area (Å²) in [6.45, 7) is 0.187. The van der Waals surface area contributed by atoms with E-state index in [1.807, 2.05) is 18.2 Å². The Balaban J connectivity index is 1.99. The SMILES string of the molecule is CS(=O)(=O)c1nc2ccccc2n1Cc1cc(=O)oc2cc(Br)ccc12. The first kappa shape index (κ1) is 17.0. The van der Waals surface area contributed by atoms with Gasteiger partial charge in [-0.15, -0.1) is 0 Å². The highest BCUT2D eigenvalue weighted by Gasteiger charge is 2.20. The van der Waals surface area contributed by atoms with Gasteiger partial charge in [0.15, 0.2) is 0 Å². The van der Waals surface area contributed by atoms with Crippen LogP contribution in [0.15, 0.2) is 67.4 Å². The van der Waals surface area contributed by atoms with E-state index in [1.165, 1.54) is 6.07 Å². The molecule has 6 nitrogen and oxygen atoms in total. The van der Waals surface area contributed by atoms with E-state index in [0.29, 0.717) is 22.2 Å². The van der Waals surface area contributed by atoms with Crippen LogP contribution in [0.2, 0.25) is 0 Å². The van der Waals surface area contributed by atoms with Crippen molar-refractivity contribution in [2.75, 3.05) is 6.26 Å². The molecule has 0 atom stereocenters. The molecular formula is C18H13BrN2O4S. The smallest absolute Gasteiger partial charge is 0.336 e. The molecule has 0 unspecified atom stereocenters. The van der Waals surface area contributed by atoms with Crippen molar-refractivity contribution in [2.24, 2.45) is 0 Å². The zero-order valence-electron chi connectivity index (χ0n) is 13.6. The van der Waals surface area contributed by atoms with Gasteiger partial charge < -0.3 is 8.98 Å². The van der Waals surface area contributed by atoms with E-state index >= 15 is 0 Å². The molecule has 0 saturated heterocycles. The highest BCUT2D eigenvalue weighted by Crippen LogP contribution is 2.25. The summed E-state index contributed by atoms with van der Waals surface area (Å²) in [6, 6.07) is 14.0. The van der Waals surface area contributed by atoms with Crippen molar-refractivity contribution >= 4 is 47.8 Å². The quantitative estimate of drug-likeness (QED) is 0.463. The summed E-state index contributed by atoms with van der Waals surface area (Å²) in [5, 5.41) is 0.710. The first-order chi connectivity index (χ1) is 12.3. The summed E-state index contributed by atoms with van der Waals surface area (Å²) in [7, 11) is -3.54. The fourth-order valence-electron chi connectivity index (χ4n) is 2.99. The molecule has 2 aromatic carbocycles. The Kier molecular flexibility index (Phi) is 3.96. The number of halogens is 1. The average molecular weight is 433 g/mol. The topological polar surface area (TPSA) is 82.2 Å². The first-order valence-corrected chi connectivity index (χ1v) is 10.4. The fourth-order valence-corrected chi connectivity index (χ4v) is 4.16. The van der Waals surface area contributed by atoms with Crippen LogP contribution in [-0.4, -0.2) is 24.2 Å².